The number of nitrogens with one attached hydrogen (secondary N) is 1. The summed E-state index contributed by atoms with van der Waals surface area (Å²) in [5.41, 5.74) is 5.24. The molecule has 0 amide bonds. The minimum atomic E-state index is 0.263. The molecule has 0 aromatic rings. The molecular formula is C8H18N2OS. The molecule has 3 nitrogen and oxygen atoms in total. The highest BCUT2D eigenvalue weighted by Gasteiger charge is 1.91. The van der Waals surface area contributed by atoms with Crippen molar-refractivity contribution in [2.75, 3.05) is 18.1 Å². The SMILES string of the molecule is CC(=O)CCSCCN.CC=N. The first-order valence-corrected chi connectivity index (χ1v) is 5.06. The Hall–Kier alpha value is -0.350. The molecule has 0 aromatic carbocycles. The normalized spacial score (nSPS) is 8.25. The predicted molar refractivity (Wildman–Crippen MR) is 56.1 cm³/mol. The first-order chi connectivity index (χ1) is 5.68. The summed E-state index contributed by atoms with van der Waals surface area (Å²) in [6.07, 6.45) is 1.94. The second-order valence-electron chi connectivity index (χ2n) is 2.14. The molecule has 0 aliphatic rings. The van der Waals surface area contributed by atoms with Gasteiger partial charge in [-0.15, -0.1) is 0 Å². The van der Waals surface area contributed by atoms with Gasteiger partial charge in [0.2, 0.25) is 0 Å². The van der Waals surface area contributed by atoms with E-state index >= 15 is 0 Å². The average Bonchev–Trinajstić information content (AvgIpc) is 1.99. The summed E-state index contributed by atoms with van der Waals surface area (Å²) in [6, 6.07) is 0. The lowest BCUT2D eigenvalue weighted by atomic mass is 10.4. The number of hydrogen-bond acceptors (Lipinski definition) is 4. The summed E-state index contributed by atoms with van der Waals surface area (Å²) < 4.78 is 0. The first-order valence-electron chi connectivity index (χ1n) is 3.91. The highest BCUT2D eigenvalue weighted by atomic mass is 32.2. The van der Waals surface area contributed by atoms with Crippen LogP contribution in [0.3, 0.4) is 0 Å². The molecule has 0 aromatic heterocycles. The molecule has 0 aliphatic heterocycles. The number of hydrogen-bond donors (Lipinski definition) is 2. The summed E-state index contributed by atoms with van der Waals surface area (Å²) in [7, 11) is 0. The topological polar surface area (TPSA) is 66.9 Å². The van der Waals surface area contributed by atoms with Gasteiger partial charge in [-0.05, 0) is 20.1 Å². The van der Waals surface area contributed by atoms with Gasteiger partial charge in [0.25, 0.3) is 0 Å². The van der Waals surface area contributed by atoms with Gasteiger partial charge in [-0.3, -0.25) is 4.79 Å². The molecule has 72 valence electrons. The van der Waals surface area contributed by atoms with Crippen molar-refractivity contribution < 1.29 is 4.79 Å². The van der Waals surface area contributed by atoms with Crippen LogP contribution in [0.2, 0.25) is 0 Å². The molecule has 0 saturated carbocycles. The maximum absolute atomic E-state index is 10.4. The highest BCUT2D eigenvalue weighted by Crippen LogP contribution is 2.00. The van der Waals surface area contributed by atoms with Crippen LogP contribution in [0.15, 0.2) is 0 Å². The fraction of sp³-hybridized carbons (Fsp3) is 0.750. The van der Waals surface area contributed by atoms with Gasteiger partial charge in [-0.1, -0.05) is 0 Å². The zero-order chi connectivity index (χ0) is 9.82. The van der Waals surface area contributed by atoms with Crippen molar-refractivity contribution in [2.45, 2.75) is 20.3 Å². The fourth-order valence-corrected chi connectivity index (χ4v) is 1.20. The van der Waals surface area contributed by atoms with Gasteiger partial charge in [-0.25, -0.2) is 0 Å². The van der Waals surface area contributed by atoms with E-state index in [1.165, 1.54) is 6.21 Å². The first kappa shape index (κ1) is 14.2. The summed E-state index contributed by atoms with van der Waals surface area (Å²) in [4.78, 5) is 10.4. The molecule has 0 aliphatic carbocycles. The van der Waals surface area contributed by atoms with Crippen molar-refractivity contribution in [1.82, 2.24) is 0 Å². The average molecular weight is 190 g/mol. The molecule has 0 radical (unpaired) electrons. The Labute approximate surface area is 78.6 Å². The fourth-order valence-electron chi connectivity index (χ4n) is 0.401. The minimum Gasteiger partial charge on any atom is -0.330 e. The number of rotatable bonds is 5. The van der Waals surface area contributed by atoms with Crippen LogP contribution >= 0.6 is 11.8 Å². The van der Waals surface area contributed by atoms with Crippen LogP contribution in [0, 0.1) is 5.41 Å². The minimum absolute atomic E-state index is 0.263. The molecule has 0 fully saturated rings. The number of thioether (sulfide) groups is 1. The zero-order valence-corrected chi connectivity index (χ0v) is 8.62. The molecule has 0 unspecified atom stereocenters. The highest BCUT2D eigenvalue weighted by molar-refractivity contribution is 7.99. The molecule has 0 atom stereocenters. The van der Waals surface area contributed by atoms with Crippen LogP contribution in [-0.2, 0) is 4.79 Å². The van der Waals surface area contributed by atoms with Gasteiger partial charge in [0.15, 0.2) is 0 Å². The van der Waals surface area contributed by atoms with Crippen molar-refractivity contribution in [1.29, 1.82) is 5.41 Å². The molecular weight excluding hydrogens is 172 g/mol. The lowest BCUT2D eigenvalue weighted by Gasteiger charge is -1.94. The molecule has 12 heavy (non-hydrogen) atoms. The summed E-state index contributed by atoms with van der Waals surface area (Å²) in [5.74, 6) is 2.15. The van der Waals surface area contributed by atoms with Crippen LogP contribution in [0.5, 0.6) is 0 Å². The maximum Gasteiger partial charge on any atom is 0.130 e. The van der Waals surface area contributed by atoms with E-state index in [0.29, 0.717) is 13.0 Å². The molecule has 0 spiro atoms. The Bertz CT molecular complexity index is 118. The smallest absolute Gasteiger partial charge is 0.130 e. The monoisotopic (exact) mass is 190 g/mol. The second-order valence-corrected chi connectivity index (χ2v) is 3.37. The van der Waals surface area contributed by atoms with Crippen LogP contribution < -0.4 is 5.73 Å². The lowest BCUT2D eigenvalue weighted by Crippen LogP contribution is -2.02. The molecule has 0 heterocycles. The summed E-state index contributed by atoms with van der Waals surface area (Å²) in [5, 5.41) is 6.08. The van der Waals surface area contributed by atoms with Crippen LogP contribution in [-0.4, -0.2) is 30.0 Å². The largest absolute Gasteiger partial charge is 0.330 e. The molecule has 0 saturated heterocycles. The van der Waals surface area contributed by atoms with E-state index < -0.39 is 0 Å². The number of nitrogens with two attached hydrogens (primary N) is 1. The van der Waals surface area contributed by atoms with E-state index in [0.717, 1.165) is 11.5 Å². The third-order valence-corrected chi connectivity index (χ3v) is 1.88. The Balaban J connectivity index is 0. The third-order valence-electron chi connectivity index (χ3n) is 0.861. The van der Waals surface area contributed by atoms with E-state index in [1.54, 1.807) is 25.6 Å². The Morgan fingerprint density at radius 1 is 1.58 bits per heavy atom. The quantitative estimate of drug-likeness (QED) is 0.507. The van der Waals surface area contributed by atoms with E-state index in [9.17, 15) is 4.79 Å². The summed E-state index contributed by atoms with van der Waals surface area (Å²) >= 11 is 1.74. The van der Waals surface area contributed by atoms with Crippen LogP contribution in [0.4, 0.5) is 0 Å². The molecule has 3 N–H and O–H groups in total. The van der Waals surface area contributed by atoms with E-state index in [4.69, 9.17) is 11.1 Å². The van der Waals surface area contributed by atoms with Crippen LogP contribution in [0.1, 0.15) is 20.3 Å². The van der Waals surface area contributed by atoms with E-state index in [1.807, 2.05) is 0 Å². The standard InChI is InChI=1S/C6H13NOS.C2H5N/c1-6(8)2-4-9-5-3-7;1-2-3/h2-5,7H2,1H3;2-3H,1H3. The van der Waals surface area contributed by atoms with Crippen molar-refractivity contribution in [2.24, 2.45) is 5.73 Å². The Morgan fingerprint density at radius 2 is 2.08 bits per heavy atom. The van der Waals surface area contributed by atoms with Crippen molar-refractivity contribution >= 4 is 23.8 Å². The van der Waals surface area contributed by atoms with E-state index in [2.05, 4.69) is 0 Å². The lowest BCUT2D eigenvalue weighted by molar-refractivity contribution is -0.116. The van der Waals surface area contributed by atoms with Gasteiger partial charge < -0.3 is 11.1 Å². The van der Waals surface area contributed by atoms with Gasteiger partial charge in [-0.2, -0.15) is 11.8 Å². The van der Waals surface area contributed by atoms with Gasteiger partial charge in [0.1, 0.15) is 5.78 Å². The van der Waals surface area contributed by atoms with Gasteiger partial charge in [0, 0.05) is 24.5 Å². The van der Waals surface area contributed by atoms with Gasteiger partial charge >= 0.3 is 0 Å². The maximum atomic E-state index is 10.4. The Morgan fingerprint density at radius 3 is 2.42 bits per heavy atom. The molecule has 0 bridgehead atoms. The zero-order valence-electron chi connectivity index (χ0n) is 7.80. The van der Waals surface area contributed by atoms with Crippen molar-refractivity contribution in [3.05, 3.63) is 0 Å². The number of carbonyl (C=O) groups is 1. The molecule has 0 rings (SSSR count). The van der Waals surface area contributed by atoms with Gasteiger partial charge in [0.05, 0.1) is 0 Å². The number of carbonyl (C=O) groups excluding carboxylic acids is 1. The second kappa shape index (κ2) is 13.3. The van der Waals surface area contributed by atoms with Crippen LogP contribution in [0.25, 0.3) is 0 Å². The Kier molecular flexibility index (Phi) is 15.7. The van der Waals surface area contributed by atoms with E-state index in [-0.39, 0.29) is 5.78 Å². The third kappa shape index (κ3) is 22.6. The predicted octanol–water partition coefficient (Wildman–Crippen LogP) is 1.31. The molecule has 4 heteroatoms. The summed E-state index contributed by atoms with van der Waals surface area (Å²) in [6.45, 7) is 3.99. The number of ketones is 1. The number of Topliss-reactive ketones (excluding diaryl/α,β-unsaturated/α-hetero) is 1. The van der Waals surface area contributed by atoms with Crippen molar-refractivity contribution in [3.63, 3.8) is 0 Å². The van der Waals surface area contributed by atoms with Crippen molar-refractivity contribution in [3.8, 4) is 0 Å².